The largest absolute Gasteiger partial charge is 0.382 e. The molecule has 4 nitrogen and oxygen atoms in total. The Bertz CT molecular complexity index is 712. The number of rotatable bonds is 1. The van der Waals surface area contributed by atoms with Crippen molar-refractivity contribution in [1.29, 1.82) is 0 Å². The third kappa shape index (κ3) is 1.30. The molecule has 0 fully saturated rings. The minimum Gasteiger partial charge on any atom is -0.382 e. The smallest absolute Gasteiger partial charge is 0.152 e. The lowest BCUT2D eigenvalue weighted by Crippen LogP contribution is -1.95. The molecule has 0 unspecified atom stereocenters. The molecule has 3 aromatic rings. The molecule has 1 aromatic carbocycles. The molecule has 86 valence electrons. The van der Waals surface area contributed by atoms with Crippen LogP contribution < -0.4 is 5.73 Å². The maximum absolute atomic E-state index is 5.97. The number of nitrogens with two attached hydrogens (primary N) is 1. The molecule has 0 aliphatic carbocycles. The summed E-state index contributed by atoms with van der Waals surface area (Å²) >= 11 is 0. The maximum Gasteiger partial charge on any atom is 0.152 e. The Morgan fingerprint density at radius 1 is 1.29 bits per heavy atom. The first-order chi connectivity index (χ1) is 8.22. The third-order valence-corrected chi connectivity index (χ3v) is 3.16. The van der Waals surface area contributed by atoms with Gasteiger partial charge in [0.25, 0.3) is 0 Å². The Labute approximate surface area is 99.1 Å². The number of fused-ring (bicyclic) bond motifs is 3. The first-order valence-corrected chi connectivity index (χ1v) is 5.72. The standard InChI is InChI=1S/C13H14N4/c1-3-10-11-8-6-4-5-7-9(8)15-13(14)12(11)16-17(10)2/h4-7H,3H2,1-2H3,(H2,14,15). The zero-order valence-electron chi connectivity index (χ0n) is 9.94. The third-order valence-electron chi connectivity index (χ3n) is 3.16. The molecule has 17 heavy (non-hydrogen) atoms. The monoisotopic (exact) mass is 226 g/mol. The average molecular weight is 226 g/mol. The lowest BCUT2D eigenvalue weighted by Gasteiger charge is -2.02. The SMILES string of the molecule is CCc1c2c(nn1C)c(N)nc1ccccc12. The summed E-state index contributed by atoms with van der Waals surface area (Å²) in [5.41, 5.74) is 8.91. The summed E-state index contributed by atoms with van der Waals surface area (Å²) in [6, 6.07) is 8.05. The van der Waals surface area contributed by atoms with Crippen molar-refractivity contribution in [2.24, 2.45) is 7.05 Å². The summed E-state index contributed by atoms with van der Waals surface area (Å²) in [5, 5.41) is 6.73. The van der Waals surface area contributed by atoms with Gasteiger partial charge in [0.1, 0.15) is 5.52 Å². The number of nitrogen functional groups attached to an aromatic ring is 1. The lowest BCUT2D eigenvalue weighted by atomic mass is 10.1. The molecule has 3 rings (SSSR count). The summed E-state index contributed by atoms with van der Waals surface area (Å²) in [5.74, 6) is 0.508. The van der Waals surface area contributed by atoms with Gasteiger partial charge in [0.15, 0.2) is 5.82 Å². The van der Waals surface area contributed by atoms with Gasteiger partial charge >= 0.3 is 0 Å². The molecule has 2 aromatic heterocycles. The molecule has 0 amide bonds. The van der Waals surface area contributed by atoms with Crippen LogP contribution >= 0.6 is 0 Å². The van der Waals surface area contributed by atoms with E-state index in [1.807, 2.05) is 29.9 Å². The maximum atomic E-state index is 5.97. The minimum atomic E-state index is 0.508. The predicted octanol–water partition coefficient (Wildman–Crippen LogP) is 2.27. The van der Waals surface area contributed by atoms with Gasteiger partial charge in [-0.15, -0.1) is 0 Å². The first-order valence-electron chi connectivity index (χ1n) is 5.72. The van der Waals surface area contributed by atoms with E-state index in [9.17, 15) is 0 Å². The number of anilines is 1. The van der Waals surface area contributed by atoms with E-state index in [2.05, 4.69) is 23.1 Å². The van der Waals surface area contributed by atoms with Gasteiger partial charge < -0.3 is 5.73 Å². The zero-order chi connectivity index (χ0) is 12.0. The normalized spacial score (nSPS) is 11.4. The summed E-state index contributed by atoms with van der Waals surface area (Å²) < 4.78 is 1.90. The zero-order valence-corrected chi connectivity index (χ0v) is 9.94. The minimum absolute atomic E-state index is 0.508. The van der Waals surface area contributed by atoms with Crippen molar-refractivity contribution < 1.29 is 0 Å². The van der Waals surface area contributed by atoms with Crippen LogP contribution in [0.1, 0.15) is 12.6 Å². The molecule has 2 heterocycles. The summed E-state index contributed by atoms with van der Waals surface area (Å²) in [6.45, 7) is 2.13. The van der Waals surface area contributed by atoms with E-state index in [1.54, 1.807) is 0 Å². The molecule has 0 spiro atoms. The molecular weight excluding hydrogens is 212 g/mol. The van der Waals surface area contributed by atoms with Crippen LogP contribution in [-0.2, 0) is 13.5 Å². The Kier molecular flexibility index (Phi) is 2.04. The Morgan fingerprint density at radius 3 is 2.82 bits per heavy atom. The summed E-state index contributed by atoms with van der Waals surface area (Å²) in [4.78, 5) is 4.39. The second kappa shape index (κ2) is 3.45. The molecular formula is C13H14N4. The molecule has 0 bridgehead atoms. The van der Waals surface area contributed by atoms with Crippen molar-refractivity contribution in [2.75, 3.05) is 5.73 Å². The topological polar surface area (TPSA) is 56.7 Å². The van der Waals surface area contributed by atoms with Gasteiger partial charge in [-0.05, 0) is 12.5 Å². The van der Waals surface area contributed by atoms with Crippen molar-refractivity contribution in [2.45, 2.75) is 13.3 Å². The molecule has 0 aliphatic heterocycles. The van der Waals surface area contributed by atoms with E-state index < -0.39 is 0 Å². The van der Waals surface area contributed by atoms with Gasteiger partial charge in [0.2, 0.25) is 0 Å². The van der Waals surface area contributed by atoms with Crippen LogP contribution in [0.15, 0.2) is 24.3 Å². The summed E-state index contributed by atoms with van der Waals surface area (Å²) in [6.07, 6.45) is 0.931. The molecule has 4 heteroatoms. The van der Waals surface area contributed by atoms with Crippen LogP contribution in [0.3, 0.4) is 0 Å². The number of benzene rings is 1. The van der Waals surface area contributed by atoms with Gasteiger partial charge in [-0.25, -0.2) is 4.98 Å². The molecule has 0 atom stereocenters. The number of hydrogen-bond acceptors (Lipinski definition) is 3. The number of aryl methyl sites for hydroxylation is 2. The van der Waals surface area contributed by atoms with Crippen LogP contribution in [0.4, 0.5) is 5.82 Å². The number of hydrogen-bond donors (Lipinski definition) is 1. The van der Waals surface area contributed by atoms with Gasteiger partial charge in [0, 0.05) is 23.5 Å². The molecule has 0 saturated carbocycles. The van der Waals surface area contributed by atoms with Crippen LogP contribution in [0.25, 0.3) is 21.8 Å². The highest BCUT2D eigenvalue weighted by molar-refractivity contribution is 6.09. The van der Waals surface area contributed by atoms with E-state index >= 15 is 0 Å². The van der Waals surface area contributed by atoms with Gasteiger partial charge in [-0.1, -0.05) is 25.1 Å². The number of aromatic nitrogens is 3. The van der Waals surface area contributed by atoms with Crippen LogP contribution in [0.5, 0.6) is 0 Å². The van der Waals surface area contributed by atoms with Gasteiger partial charge in [0.05, 0.1) is 5.52 Å². The van der Waals surface area contributed by atoms with Gasteiger partial charge in [-0.2, -0.15) is 5.10 Å². The number of nitrogens with zero attached hydrogens (tertiary/aromatic N) is 3. The molecule has 0 radical (unpaired) electrons. The van der Waals surface area contributed by atoms with E-state index in [4.69, 9.17) is 5.73 Å². The van der Waals surface area contributed by atoms with Gasteiger partial charge in [-0.3, -0.25) is 4.68 Å². The average Bonchev–Trinajstić information content (AvgIpc) is 2.67. The van der Waals surface area contributed by atoms with E-state index in [0.717, 1.165) is 28.2 Å². The quantitative estimate of drug-likeness (QED) is 0.692. The highest BCUT2D eigenvalue weighted by Gasteiger charge is 2.14. The second-order valence-corrected chi connectivity index (χ2v) is 4.16. The highest BCUT2D eigenvalue weighted by Crippen LogP contribution is 2.29. The van der Waals surface area contributed by atoms with E-state index in [0.29, 0.717) is 5.82 Å². The Balaban J connectivity index is 2.62. The highest BCUT2D eigenvalue weighted by atomic mass is 15.3. The van der Waals surface area contributed by atoms with Crippen molar-refractivity contribution >= 4 is 27.6 Å². The lowest BCUT2D eigenvalue weighted by molar-refractivity contribution is 0.728. The molecule has 0 aliphatic rings. The first kappa shape index (κ1) is 10.1. The van der Waals surface area contributed by atoms with E-state index in [1.165, 1.54) is 5.69 Å². The van der Waals surface area contributed by atoms with Crippen molar-refractivity contribution in [3.05, 3.63) is 30.0 Å². The number of para-hydroxylation sites is 1. The second-order valence-electron chi connectivity index (χ2n) is 4.16. The molecule has 0 saturated heterocycles. The van der Waals surface area contributed by atoms with Crippen LogP contribution in [0, 0.1) is 0 Å². The Hall–Kier alpha value is -2.10. The van der Waals surface area contributed by atoms with Crippen molar-refractivity contribution in [3.8, 4) is 0 Å². The van der Waals surface area contributed by atoms with E-state index in [-0.39, 0.29) is 0 Å². The van der Waals surface area contributed by atoms with Crippen molar-refractivity contribution in [1.82, 2.24) is 14.8 Å². The fourth-order valence-corrected chi connectivity index (χ4v) is 2.39. The molecule has 2 N–H and O–H groups in total. The summed E-state index contributed by atoms with van der Waals surface area (Å²) in [7, 11) is 1.95. The Morgan fingerprint density at radius 2 is 2.06 bits per heavy atom. The van der Waals surface area contributed by atoms with Crippen LogP contribution in [-0.4, -0.2) is 14.8 Å². The van der Waals surface area contributed by atoms with Crippen molar-refractivity contribution in [3.63, 3.8) is 0 Å². The number of pyridine rings is 1. The fourth-order valence-electron chi connectivity index (χ4n) is 2.39. The predicted molar refractivity (Wildman–Crippen MR) is 69.8 cm³/mol. The van der Waals surface area contributed by atoms with Crippen LogP contribution in [0.2, 0.25) is 0 Å². The fraction of sp³-hybridized carbons (Fsp3) is 0.231.